The van der Waals surface area contributed by atoms with E-state index in [4.69, 9.17) is 9.72 Å². The molecular weight excluding hydrogens is 364 g/mol. The van der Waals surface area contributed by atoms with Crippen LogP contribution in [0.4, 0.5) is 0 Å². The molecule has 0 N–H and O–H groups in total. The number of nitrogens with zero attached hydrogens (tertiary/aromatic N) is 6. The highest BCUT2D eigenvalue weighted by Gasteiger charge is 2.26. The average molecular weight is 386 g/mol. The monoisotopic (exact) mass is 386 g/mol. The standard InChI is InChI=1S/C22H22N6O/c1-14-10-25-27(12-14)13-21-26-20-11-24-19-4-3-16(9-23)8-18(19)22(20)28(21)17-5-6-29-15(2)7-17/h3-4,8,10-12,15,17H,5-7,13H2,1-2H3/t15-,17-/m1/s1. The zero-order valence-corrected chi connectivity index (χ0v) is 16.5. The first-order valence-corrected chi connectivity index (χ1v) is 9.92. The normalized spacial score (nSPS) is 19.6. The Balaban J connectivity index is 1.75. The van der Waals surface area contributed by atoms with Crippen LogP contribution in [0.15, 0.2) is 36.8 Å². The molecule has 1 fully saturated rings. The molecule has 0 saturated carbocycles. The van der Waals surface area contributed by atoms with Crippen LogP contribution in [0.25, 0.3) is 21.9 Å². The van der Waals surface area contributed by atoms with Crippen LogP contribution in [-0.4, -0.2) is 37.0 Å². The lowest BCUT2D eigenvalue weighted by molar-refractivity contribution is 0.00619. The summed E-state index contributed by atoms with van der Waals surface area (Å²) in [5.74, 6) is 0.957. The van der Waals surface area contributed by atoms with Crippen molar-refractivity contribution in [3.8, 4) is 6.07 Å². The molecule has 0 unspecified atom stereocenters. The minimum absolute atomic E-state index is 0.203. The fourth-order valence-electron chi connectivity index (χ4n) is 4.31. The van der Waals surface area contributed by atoms with Gasteiger partial charge in [-0.1, -0.05) is 0 Å². The lowest BCUT2D eigenvalue weighted by atomic mass is 10.0. The Morgan fingerprint density at radius 1 is 1.28 bits per heavy atom. The largest absolute Gasteiger partial charge is 0.378 e. The number of hydrogen-bond acceptors (Lipinski definition) is 5. The van der Waals surface area contributed by atoms with Gasteiger partial charge < -0.3 is 9.30 Å². The highest BCUT2D eigenvalue weighted by Crippen LogP contribution is 2.34. The van der Waals surface area contributed by atoms with Gasteiger partial charge in [0.25, 0.3) is 0 Å². The molecule has 3 aromatic heterocycles. The molecule has 29 heavy (non-hydrogen) atoms. The van der Waals surface area contributed by atoms with E-state index >= 15 is 0 Å². The van der Waals surface area contributed by atoms with E-state index in [0.29, 0.717) is 12.1 Å². The van der Waals surface area contributed by atoms with Gasteiger partial charge in [0.1, 0.15) is 11.3 Å². The molecule has 1 aliphatic heterocycles. The van der Waals surface area contributed by atoms with Gasteiger partial charge in [0.05, 0.1) is 47.7 Å². The van der Waals surface area contributed by atoms with Crippen molar-refractivity contribution in [1.82, 2.24) is 24.3 Å². The van der Waals surface area contributed by atoms with Crippen molar-refractivity contribution in [2.75, 3.05) is 6.61 Å². The maximum atomic E-state index is 9.40. The van der Waals surface area contributed by atoms with Crippen molar-refractivity contribution >= 4 is 21.9 Å². The van der Waals surface area contributed by atoms with E-state index in [9.17, 15) is 5.26 Å². The number of imidazole rings is 1. The van der Waals surface area contributed by atoms with Gasteiger partial charge in [-0.15, -0.1) is 0 Å². The summed E-state index contributed by atoms with van der Waals surface area (Å²) in [4.78, 5) is 9.52. The third-order valence-corrected chi connectivity index (χ3v) is 5.61. The Morgan fingerprint density at radius 3 is 2.93 bits per heavy atom. The van der Waals surface area contributed by atoms with E-state index in [0.717, 1.165) is 52.8 Å². The summed E-state index contributed by atoms with van der Waals surface area (Å²) in [7, 11) is 0. The summed E-state index contributed by atoms with van der Waals surface area (Å²) in [5, 5.41) is 14.8. The van der Waals surface area contributed by atoms with Crippen LogP contribution in [0.2, 0.25) is 0 Å². The summed E-state index contributed by atoms with van der Waals surface area (Å²) >= 11 is 0. The lowest BCUT2D eigenvalue weighted by Crippen LogP contribution is -2.27. The highest BCUT2D eigenvalue weighted by atomic mass is 16.5. The number of aromatic nitrogens is 5. The fourth-order valence-corrected chi connectivity index (χ4v) is 4.31. The molecule has 1 saturated heterocycles. The van der Waals surface area contributed by atoms with Crippen molar-refractivity contribution in [2.24, 2.45) is 0 Å². The third-order valence-electron chi connectivity index (χ3n) is 5.61. The second-order valence-electron chi connectivity index (χ2n) is 7.81. The molecule has 4 aromatic rings. The predicted octanol–water partition coefficient (Wildman–Crippen LogP) is 3.75. The second kappa shape index (κ2) is 6.98. The van der Waals surface area contributed by atoms with Crippen molar-refractivity contribution < 1.29 is 4.74 Å². The highest BCUT2D eigenvalue weighted by molar-refractivity contribution is 6.02. The lowest BCUT2D eigenvalue weighted by Gasteiger charge is -2.30. The average Bonchev–Trinajstić information content (AvgIpc) is 3.30. The molecule has 0 amide bonds. The van der Waals surface area contributed by atoms with Crippen molar-refractivity contribution in [3.05, 3.63) is 53.7 Å². The molecular formula is C22H22N6O. The van der Waals surface area contributed by atoms with E-state index in [2.05, 4.69) is 27.6 Å². The zero-order chi connectivity index (χ0) is 20.0. The molecule has 146 valence electrons. The number of rotatable bonds is 3. The van der Waals surface area contributed by atoms with Crippen molar-refractivity contribution in [3.63, 3.8) is 0 Å². The number of benzene rings is 1. The minimum atomic E-state index is 0.203. The van der Waals surface area contributed by atoms with Gasteiger partial charge in [-0.2, -0.15) is 10.4 Å². The molecule has 0 aliphatic carbocycles. The maximum absolute atomic E-state index is 9.40. The van der Waals surface area contributed by atoms with Gasteiger partial charge in [-0.3, -0.25) is 9.67 Å². The summed E-state index contributed by atoms with van der Waals surface area (Å²) in [6, 6.07) is 8.18. The topological polar surface area (TPSA) is 81.5 Å². The van der Waals surface area contributed by atoms with Crippen LogP contribution >= 0.6 is 0 Å². The second-order valence-corrected chi connectivity index (χ2v) is 7.81. The Bertz CT molecular complexity index is 1250. The molecule has 0 radical (unpaired) electrons. The van der Waals surface area contributed by atoms with E-state index in [1.54, 1.807) is 0 Å². The van der Waals surface area contributed by atoms with Gasteiger partial charge in [-0.25, -0.2) is 4.98 Å². The Kier molecular flexibility index (Phi) is 4.29. The Morgan fingerprint density at radius 2 is 2.17 bits per heavy atom. The first-order chi connectivity index (χ1) is 14.1. The molecule has 4 heterocycles. The first kappa shape index (κ1) is 17.8. The van der Waals surface area contributed by atoms with E-state index in [1.165, 1.54) is 0 Å². The van der Waals surface area contributed by atoms with Crippen molar-refractivity contribution in [2.45, 2.75) is 45.4 Å². The molecule has 0 spiro atoms. The Labute approximate surface area is 168 Å². The summed E-state index contributed by atoms with van der Waals surface area (Å²) in [6.45, 7) is 5.48. The number of pyridine rings is 1. The smallest absolute Gasteiger partial charge is 0.132 e. The molecule has 1 aliphatic rings. The van der Waals surface area contributed by atoms with Crippen LogP contribution in [0.3, 0.4) is 0 Å². The SMILES string of the molecule is Cc1cnn(Cc2nc3cnc4ccc(C#N)cc4c3n2[C@@H]2CCO[C@H](C)C2)c1. The molecule has 0 bridgehead atoms. The number of aryl methyl sites for hydroxylation is 1. The predicted molar refractivity (Wildman–Crippen MR) is 110 cm³/mol. The molecule has 5 rings (SSSR count). The summed E-state index contributed by atoms with van der Waals surface area (Å²) in [6.07, 6.45) is 7.79. The van der Waals surface area contributed by atoms with Gasteiger partial charge in [0.15, 0.2) is 0 Å². The van der Waals surface area contributed by atoms with Crippen LogP contribution in [0.1, 0.15) is 42.8 Å². The molecule has 1 aromatic carbocycles. The van der Waals surface area contributed by atoms with E-state index < -0.39 is 0 Å². The maximum Gasteiger partial charge on any atom is 0.132 e. The van der Waals surface area contributed by atoms with Crippen molar-refractivity contribution in [1.29, 1.82) is 5.26 Å². The molecule has 7 heteroatoms. The number of hydrogen-bond donors (Lipinski definition) is 0. The zero-order valence-electron chi connectivity index (χ0n) is 16.5. The summed E-state index contributed by atoms with van der Waals surface area (Å²) in [5.41, 5.74) is 4.53. The van der Waals surface area contributed by atoms with E-state index in [1.807, 2.05) is 48.4 Å². The first-order valence-electron chi connectivity index (χ1n) is 9.92. The van der Waals surface area contributed by atoms with Crippen LogP contribution in [-0.2, 0) is 11.3 Å². The van der Waals surface area contributed by atoms with Crippen LogP contribution in [0.5, 0.6) is 0 Å². The number of fused-ring (bicyclic) bond motifs is 3. The third kappa shape index (κ3) is 3.15. The van der Waals surface area contributed by atoms with Gasteiger partial charge in [0, 0.05) is 24.2 Å². The number of nitriles is 1. The van der Waals surface area contributed by atoms with Gasteiger partial charge in [-0.05, 0) is 50.5 Å². The minimum Gasteiger partial charge on any atom is -0.378 e. The Hall–Kier alpha value is -3.24. The molecule has 7 nitrogen and oxygen atoms in total. The number of ether oxygens (including phenoxy) is 1. The van der Waals surface area contributed by atoms with Crippen LogP contribution < -0.4 is 0 Å². The van der Waals surface area contributed by atoms with E-state index in [-0.39, 0.29) is 12.1 Å². The summed E-state index contributed by atoms with van der Waals surface area (Å²) < 4.78 is 10.1. The fraction of sp³-hybridized carbons (Fsp3) is 0.364. The van der Waals surface area contributed by atoms with Gasteiger partial charge >= 0.3 is 0 Å². The van der Waals surface area contributed by atoms with Crippen LogP contribution in [0, 0.1) is 18.3 Å². The quantitative estimate of drug-likeness (QED) is 0.536. The van der Waals surface area contributed by atoms with Gasteiger partial charge in [0.2, 0.25) is 0 Å². The molecule has 2 atom stereocenters.